The Hall–Kier alpha value is -2.24. The molecule has 6 heteroatoms. The van der Waals surface area contributed by atoms with E-state index in [1.165, 1.54) is 6.07 Å². The molecule has 1 aliphatic rings. The van der Waals surface area contributed by atoms with E-state index in [4.69, 9.17) is 15.2 Å². The van der Waals surface area contributed by atoms with Crippen molar-refractivity contribution >= 4 is 17.6 Å². The van der Waals surface area contributed by atoms with Gasteiger partial charge in [0.1, 0.15) is 5.75 Å². The maximum atomic E-state index is 11.8. The van der Waals surface area contributed by atoms with Gasteiger partial charge in [0, 0.05) is 6.54 Å². The van der Waals surface area contributed by atoms with E-state index in [9.17, 15) is 9.59 Å². The molecule has 0 spiro atoms. The molecule has 114 valence electrons. The fraction of sp³-hybridized carbons (Fsp3) is 0.467. The summed E-state index contributed by atoms with van der Waals surface area (Å²) in [6.07, 6.45) is 2.32. The Morgan fingerprint density at radius 2 is 2.14 bits per heavy atom. The first-order chi connectivity index (χ1) is 10.1. The minimum absolute atomic E-state index is 0.279. The predicted molar refractivity (Wildman–Crippen MR) is 78.0 cm³/mol. The lowest BCUT2D eigenvalue weighted by Gasteiger charge is -2.09. The number of hydrogen-bond acceptors (Lipinski definition) is 5. The highest BCUT2D eigenvalue weighted by Crippen LogP contribution is 2.27. The van der Waals surface area contributed by atoms with Crippen LogP contribution in [0.2, 0.25) is 0 Å². The zero-order valence-electron chi connectivity index (χ0n) is 12.1. The molecule has 1 aromatic carbocycles. The van der Waals surface area contributed by atoms with Gasteiger partial charge in [-0.25, -0.2) is 4.79 Å². The molecule has 1 saturated carbocycles. The van der Waals surface area contributed by atoms with Gasteiger partial charge < -0.3 is 20.5 Å². The molecule has 0 bridgehead atoms. The maximum Gasteiger partial charge on any atom is 0.338 e. The lowest BCUT2D eigenvalue weighted by atomic mass is 10.2. The molecule has 0 aliphatic heterocycles. The summed E-state index contributed by atoms with van der Waals surface area (Å²) in [5.41, 5.74) is 6.44. The van der Waals surface area contributed by atoms with Crippen molar-refractivity contribution in [3.8, 4) is 5.75 Å². The predicted octanol–water partition coefficient (Wildman–Crippen LogP) is 1.35. The van der Waals surface area contributed by atoms with E-state index in [0.717, 1.165) is 12.8 Å². The molecule has 2 rings (SSSR count). The summed E-state index contributed by atoms with van der Waals surface area (Å²) in [5.74, 6) is 0.257. The molecule has 0 saturated heterocycles. The lowest BCUT2D eigenvalue weighted by molar-refractivity contribution is -0.124. The molecular weight excluding hydrogens is 272 g/mol. The van der Waals surface area contributed by atoms with Crippen LogP contribution >= 0.6 is 0 Å². The average Bonchev–Trinajstić information content (AvgIpc) is 3.29. The number of nitrogens with two attached hydrogens (primary N) is 1. The number of amides is 1. The molecule has 21 heavy (non-hydrogen) atoms. The van der Waals surface area contributed by atoms with Gasteiger partial charge in [0.15, 0.2) is 6.61 Å². The normalized spacial score (nSPS) is 13.6. The molecule has 0 atom stereocenters. The fourth-order valence-corrected chi connectivity index (χ4v) is 1.81. The average molecular weight is 292 g/mol. The summed E-state index contributed by atoms with van der Waals surface area (Å²) >= 11 is 0. The van der Waals surface area contributed by atoms with E-state index in [-0.39, 0.29) is 12.5 Å². The summed E-state index contributed by atoms with van der Waals surface area (Å²) in [5, 5.41) is 2.73. The van der Waals surface area contributed by atoms with Crippen molar-refractivity contribution < 1.29 is 19.1 Å². The standard InChI is InChI=1S/C15H20N2O4/c1-2-20-13-6-5-11(7-12(13)16)15(19)21-9-14(18)17-8-10-3-4-10/h5-7,10H,2-4,8-9,16H2,1H3,(H,17,18). The zero-order chi connectivity index (χ0) is 15.2. The minimum atomic E-state index is -0.577. The van der Waals surface area contributed by atoms with Gasteiger partial charge in [0.25, 0.3) is 5.91 Å². The second kappa shape index (κ2) is 6.97. The van der Waals surface area contributed by atoms with Crippen LogP contribution in [0.1, 0.15) is 30.1 Å². The van der Waals surface area contributed by atoms with Gasteiger partial charge in [0.2, 0.25) is 0 Å². The van der Waals surface area contributed by atoms with E-state index in [2.05, 4.69) is 5.32 Å². The number of nitrogens with one attached hydrogen (secondary N) is 1. The summed E-state index contributed by atoms with van der Waals surface area (Å²) in [6.45, 7) is 2.72. The second-order valence-corrected chi connectivity index (χ2v) is 5.01. The van der Waals surface area contributed by atoms with Crippen molar-refractivity contribution in [2.45, 2.75) is 19.8 Å². The Labute approximate surface area is 123 Å². The number of carbonyl (C=O) groups is 2. The quantitative estimate of drug-likeness (QED) is 0.585. The molecule has 1 fully saturated rings. The number of hydrogen-bond donors (Lipinski definition) is 2. The van der Waals surface area contributed by atoms with Crippen molar-refractivity contribution in [1.29, 1.82) is 0 Å². The van der Waals surface area contributed by atoms with Gasteiger partial charge in [-0.2, -0.15) is 0 Å². The van der Waals surface area contributed by atoms with Crippen LogP contribution in [0, 0.1) is 5.92 Å². The third-order valence-electron chi connectivity index (χ3n) is 3.16. The Balaban J connectivity index is 1.81. The van der Waals surface area contributed by atoms with Crippen molar-refractivity contribution in [3.05, 3.63) is 23.8 Å². The topological polar surface area (TPSA) is 90.6 Å². The molecule has 0 aromatic heterocycles. The Bertz CT molecular complexity index is 526. The van der Waals surface area contributed by atoms with Crippen LogP contribution in [-0.4, -0.2) is 31.6 Å². The van der Waals surface area contributed by atoms with Crippen LogP contribution in [0.4, 0.5) is 5.69 Å². The van der Waals surface area contributed by atoms with Crippen LogP contribution in [0.15, 0.2) is 18.2 Å². The number of carbonyl (C=O) groups excluding carboxylic acids is 2. The molecule has 0 heterocycles. The van der Waals surface area contributed by atoms with Crippen LogP contribution < -0.4 is 15.8 Å². The van der Waals surface area contributed by atoms with Crippen LogP contribution in [0.3, 0.4) is 0 Å². The number of esters is 1. The summed E-state index contributed by atoms with van der Waals surface area (Å²) in [4.78, 5) is 23.3. The molecule has 6 nitrogen and oxygen atoms in total. The SMILES string of the molecule is CCOc1ccc(C(=O)OCC(=O)NCC2CC2)cc1N. The molecule has 3 N–H and O–H groups in total. The molecule has 0 unspecified atom stereocenters. The van der Waals surface area contributed by atoms with Crippen molar-refractivity contribution in [3.63, 3.8) is 0 Å². The Morgan fingerprint density at radius 1 is 1.38 bits per heavy atom. The van der Waals surface area contributed by atoms with Crippen LogP contribution in [0.5, 0.6) is 5.75 Å². The molecule has 0 radical (unpaired) electrons. The molecule has 1 aliphatic carbocycles. The summed E-state index contributed by atoms with van der Waals surface area (Å²) < 4.78 is 10.2. The second-order valence-electron chi connectivity index (χ2n) is 5.01. The van der Waals surface area contributed by atoms with Gasteiger partial charge in [0.05, 0.1) is 17.9 Å². The highest BCUT2D eigenvalue weighted by molar-refractivity contribution is 5.92. The lowest BCUT2D eigenvalue weighted by Crippen LogP contribution is -2.30. The van der Waals surface area contributed by atoms with E-state index in [0.29, 0.717) is 36.1 Å². The first kappa shape index (κ1) is 15.2. The van der Waals surface area contributed by atoms with Crippen molar-refractivity contribution in [2.24, 2.45) is 5.92 Å². The first-order valence-corrected chi connectivity index (χ1v) is 7.06. The highest BCUT2D eigenvalue weighted by Gasteiger charge is 2.21. The highest BCUT2D eigenvalue weighted by atomic mass is 16.5. The van der Waals surface area contributed by atoms with E-state index >= 15 is 0 Å². The third-order valence-corrected chi connectivity index (χ3v) is 3.16. The Kier molecular flexibility index (Phi) is 5.03. The van der Waals surface area contributed by atoms with Crippen molar-refractivity contribution in [2.75, 3.05) is 25.5 Å². The largest absolute Gasteiger partial charge is 0.492 e. The molecule has 1 amide bonds. The van der Waals surface area contributed by atoms with Gasteiger partial charge in [-0.15, -0.1) is 0 Å². The smallest absolute Gasteiger partial charge is 0.338 e. The molecular formula is C15H20N2O4. The monoisotopic (exact) mass is 292 g/mol. The van der Waals surface area contributed by atoms with Crippen molar-refractivity contribution in [1.82, 2.24) is 5.32 Å². The fourth-order valence-electron chi connectivity index (χ4n) is 1.81. The third kappa shape index (κ3) is 4.66. The number of benzene rings is 1. The first-order valence-electron chi connectivity index (χ1n) is 7.06. The minimum Gasteiger partial charge on any atom is -0.492 e. The number of nitrogen functional groups attached to an aromatic ring is 1. The molecule has 1 aromatic rings. The van der Waals surface area contributed by atoms with Gasteiger partial charge in [-0.3, -0.25) is 4.79 Å². The number of rotatable bonds is 7. The zero-order valence-corrected chi connectivity index (χ0v) is 12.1. The van der Waals surface area contributed by atoms with Crippen LogP contribution in [-0.2, 0) is 9.53 Å². The summed E-state index contributed by atoms with van der Waals surface area (Å²) in [7, 11) is 0. The van der Waals surface area contributed by atoms with E-state index < -0.39 is 5.97 Å². The maximum absolute atomic E-state index is 11.8. The van der Waals surface area contributed by atoms with Crippen LogP contribution in [0.25, 0.3) is 0 Å². The number of ether oxygens (including phenoxy) is 2. The van der Waals surface area contributed by atoms with Gasteiger partial charge in [-0.1, -0.05) is 0 Å². The van der Waals surface area contributed by atoms with Gasteiger partial charge >= 0.3 is 5.97 Å². The summed E-state index contributed by atoms with van der Waals surface area (Å²) in [6, 6.07) is 4.66. The van der Waals surface area contributed by atoms with E-state index in [1.807, 2.05) is 6.92 Å². The van der Waals surface area contributed by atoms with Gasteiger partial charge in [-0.05, 0) is 43.9 Å². The number of anilines is 1. The Morgan fingerprint density at radius 3 is 2.76 bits per heavy atom. The van der Waals surface area contributed by atoms with E-state index in [1.54, 1.807) is 12.1 Å².